The largest absolute Gasteiger partial charge is 0.481 e. The van der Waals surface area contributed by atoms with Gasteiger partial charge < -0.3 is 5.11 Å². The Hall–Kier alpha value is -0.920. The highest BCUT2D eigenvalue weighted by Gasteiger charge is 2.28. The molecule has 1 aromatic heterocycles. The molecule has 0 bridgehead atoms. The molecule has 120 valence electrons. The molecule has 0 aliphatic carbocycles. The molecule has 1 aromatic rings. The molecule has 0 atom stereocenters. The summed E-state index contributed by atoms with van der Waals surface area (Å²) < 4.78 is 27.0. The Morgan fingerprint density at radius 2 is 2.00 bits per heavy atom. The molecule has 5 nitrogen and oxygen atoms in total. The van der Waals surface area contributed by atoms with Gasteiger partial charge in [0, 0.05) is 17.5 Å². The van der Waals surface area contributed by atoms with Crippen molar-refractivity contribution < 1.29 is 18.3 Å². The Morgan fingerprint density at radius 3 is 2.52 bits per heavy atom. The van der Waals surface area contributed by atoms with Crippen LogP contribution >= 0.6 is 11.3 Å². The smallest absolute Gasteiger partial charge is 0.308 e. The molecule has 0 saturated heterocycles. The van der Waals surface area contributed by atoms with E-state index in [1.54, 1.807) is 6.07 Å². The van der Waals surface area contributed by atoms with E-state index in [2.05, 4.69) is 6.92 Å². The number of aliphatic carboxylic acids is 1. The first-order chi connectivity index (χ1) is 9.78. The monoisotopic (exact) mass is 333 g/mol. The number of hydrogen-bond donors (Lipinski definition) is 1. The molecule has 0 aromatic carbocycles. The molecular formula is C14H23NO4S2. The third kappa shape index (κ3) is 5.09. The van der Waals surface area contributed by atoms with Gasteiger partial charge in [0.25, 0.3) is 10.0 Å². The van der Waals surface area contributed by atoms with Crippen LogP contribution in [0.3, 0.4) is 0 Å². The summed E-state index contributed by atoms with van der Waals surface area (Å²) in [6.07, 6.45) is 2.72. The number of unbranched alkanes of at least 4 members (excludes halogenated alkanes) is 2. The van der Waals surface area contributed by atoms with Gasteiger partial charge in [0.15, 0.2) is 0 Å². The van der Waals surface area contributed by atoms with Crippen molar-refractivity contribution in [3.8, 4) is 0 Å². The minimum Gasteiger partial charge on any atom is -0.481 e. The van der Waals surface area contributed by atoms with Crippen LogP contribution in [0.15, 0.2) is 16.3 Å². The van der Waals surface area contributed by atoms with Crippen LogP contribution in [0, 0.1) is 0 Å². The summed E-state index contributed by atoms with van der Waals surface area (Å²) in [4.78, 5) is 11.2. The van der Waals surface area contributed by atoms with Gasteiger partial charge in [-0.15, -0.1) is 11.3 Å². The molecule has 0 radical (unpaired) electrons. The lowest BCUT2D eigenvalue weighted by Gasteiger charge is -2.25. The highest BCUT2D eigenvalue weighted by atomic mass is 32.2. The van der Waals surface area contributed by atoms with Gasteiger partial charge >= 0.3 is 5.97 Å². The zero-order valence-corrected chi connectivity index (χ0v) is 14.3. The fourth-order valence-electron chi connectivity index (χ4n) is 2.03. The van der Waals surface area contributed by atoms with E-state index in [-0.39, 0.29) is 16.7 Å². The summed E-state index contributed by atoms with van der Waals surface area (Å²) >= 11 is 1.04. The van der Waals surface area contributed by atoms with Crippen molar-refractivity contribution in [3.05, 3.63) is 17.0 Å². The lowest BCUT2D eigenvalue weighted by molar-refractivity contribution is -0.136. The number of sulfonamides is 1. The van der Waals surface area contributed by atoms with Crippen molar-refractivity contribution in [3.63, 3.8) is 0 Å². The predicted molar refractivity (Wildman–Crippen MR) is 84.2 cm³/mol. The number of carboxylic acids is 1. The molecule has 1 N–H and O–H groups in total. The molecule has 1 heterocycles. The highest BCUT2D eigenvalue weighted by molar-refractivity contribution is 7.91. The first kappa shape index (κ1) is 18.1. The van der Waals surface area contributed by atoms with Gasteiger partial charge in [-0.05, 0) is 32.4 Å². The maximum Gasteiger partial charge on any atom is 0.308 e. The fourth-order valence-corrected chi connectivity index (χ4v) is 5.18. The van der Waals surface area contributed by atoms with Crippen LogP contribution in [-0.4, -0.2) is 36.4 Å². The second kappa shape index (κ2) is 7.91. The molecule has 0 unspecified atom stereocenters. The Bertz CT molecular complexity index is 563. The van der Waals surface area contributed by atoms with Crippen molar-refractivity contribution >= 4 is 27.3 Å². The summed E-state index contributed by atoms with van der Waals surface area (Å²) in [5.41, 5.74) is 0. The van der Waals surface area contributed by atoms with Gasteiger partial charge in [0.2, 0.25) is 0 Å². The van der Waals surface area contributed by atoms with E-state index in [9.17, 15) is 13.2 Å². The number of nitrogens with zero attached hydrogens (tertiary/aromatic N) is 1. The molecule has 0 aliphatic rings. The number of hydrogen-bond acceptors (Lipinski definition) is 4. The third-order valence-corrected chi connectivity index (χ3v) is 6.71. The molecule has 0 aliphatic heterocycles. The molecule has 0 amide bonds. The fraction of sp³-hybridized carbons (Fsp3) is 0.643. The summed E-state index contributed by atoms with van der Waals surface area (Å²) in [6, 6.07) is 2.97. The van der Waals surface area contributed by atoms with Crippen LogP contribution in [0.1, 0.15) is 44.9 Å². The zero-order chi connectivity index (χ0) is 16.0. The van der Waals surface area contributed by atoms with E-state index in [0.29, 0.717) is 11.4 Å². The Labute approximate surface area is 130 Å². The second-order valence-corrected chi connectivity index (χ2v) is 8.49. The SMILES string of the molecule is CCCCCN(C(C)C)S(=O)(=O)c1ccc(CC(=O)O)s1. The van der Waals surface area contributed by atoms with Crippen molar-refractivity contribution in [2.24, 2.45) is 0 Å². The maximum absolute atomic E-state index is 12.7. The summed E-state index contributed by atoms with van der Waals surface area (Å²) in [5, 5.41) is 8.77. The molecular weight excluding hydrogens is 310 g/mol. The molecule has 0 spiro atoms. The Balaban J connectivity index is 2.94. The average molecular weight is 333 g/mol. The van der Waals surface area contributed by atoms with E-state index in [1.165, 1.54) is 10.4 Å². The first-order valence-corrected chi connectivity index (χ1v) is 9.37. The van der Waals surface area contributed by atoms with Gasteiger partial charge in [0.1, 0.15) is 4.21 Å². The highest BCUT2D eigenvalue weighted by Crippen LogP contribution is 2.27. The van der Waals surface area contributed by atoms with Crippen molar-refractivity contribution in [1.82, 2.24) is 4.31 Å². The van der Waals surface area contributed by atoms with Gasteiger partial charge in [-0.1, -0.05) is 19.8 Å². The summed E-state index contributed by atoms with van der Waals surface area (Å²) in [5.74, 6) is -0.954. The van der Waals surface area contributed by atoms with E-state index in [1.807, 2.05) is 13.8 Å². The Kier molecular flexibility index (Phi) is 6.83. The average Bonchev–Trinajstić information content (AvgIpc) is 2.82. The van der Waals surface area contributed by atoms with Crippen LogP contribution in [-0.2, 0) is 21.2 Å². The summed E-state index contributed by atoms with van der Waals surface area (Å²) in [7, 11) is -3.54. The van der Waals surface area contributed by atoms with Gasteiger partial charge in [-0.25, -0.2) is 8.42 Å². The molecule has 7 heteroatoms. The van der Waals surface area contributed by atoms with Crippen LogP contribution < -0.4 is 0 Å². The third-order valence-electron chi connectivity index (χ3n) is 3.08. The van der Waals surface area contributed by atoms with E-state index >= 15 is 0 Å². The van der Waals surface area contributed by atoms with Crippen LogP contribution in [0.4, 0.5) is 0 Å². The number of carboxylic acid groups (broad SMARTS) is 1. The number of thiophene rings is 1. The van der Waals surface area contributed by atoms with E-state index in [4.69, 9.17) is 5.11 Å². The minimum absolute atomic E-state index is 0.114. The van der Waals surface area contributed by atoms with Gasteiger partial charge in [-0.2, -0.15) is 4.31 Å². The van der Waals surface area contributed by atoms with Crippen molar-refractivity contribution in [2.75, 3.05) is 6.54 Å². The maximum atomic E-state index is 12.7. The van der Waals surface area contributed by atoms with Crippen LogP contribution in [0.5, 0.6) is 0 Å². The predicted octanol–water partition coefficient (Wildman–Crippen LogP) is 2.96. The van der Waals surface area contributed by atoms with Crippen LogP contribution in [0.25, 0.3) is 0 Å². The van der Waals surface area contributed by atoms with Crippen molar-refractivity contribution in [1.29, 1.82) is 0 Å². The number of carbonyl (C=O) groups is 1. The van der Waals surface area contributed by atoms with E-state index < -0.39 is 16.0 Å². The summed E-state index contributed by atoms with van der Waals surface area (Å²) in [6.45, 7) is 6.29. The number of rotatable bonds is 9. The van der Waals surface area contributed by atoms with Gasteiger partial charge in [0.05, 0.1) is 6.42 Å². The second-order valence-electron chi connectivity index (χ2n) is 5.21. The van der Waals surface area contributed by atoms with Crippen molar-refractivity contribution in [2.45, 2.75) is 56.7 Å². The molecule has 0 saturated carbocycles. The quantitative estimate of drug-likeness (QED) is 0.705. The van der Waals surface area contributed by atoms with Gasteiger partial charge in [-0.3, -0.25) is 4.79 Å². The van der Waals surface area contributed by atoms with Crippen LogP contribution in [0.2, 0.25) is 0 Å². The van der Waals surface area contributed by atoms with E-state index in [0.717, 1.165) is 30.6 Å². The molecule has 1 rings (SSSR count). The lowest BCUT2D eigenvalue weighted by Crippen LogP contribution is -2.37. The minimum atomic E-state index is -3.54. The molecule has 21 heavy (non-hydrogen) atoms. The lowest BCUT2D eigenvalue weighted by atomic mass is 10.2. The molecule has 0 fully saturated rings. The first-order valence-electron chi connectivity index (χ1n) is 7.11. The Morgan fingerprint density at radius 1 is 1.33 bits per heavy atom. The zero-order valence-electron chi connectivity index (χ0n) is 12.7. The standard InChI is InChI=1S/C14H23NO4S2/c1-4-5-6-9-15(11(2)3)21(18,19)14-8-7-12(20-14)10-13(16)17/h7-8,11H,4-6,9-10H2,1-3H3,(H,16,17). The topological polar surface area (TPSA) is 74.7 Å². The normalized spacial score (nSPS) is 12.2.